The Morgan fingerprint density at radius 1 is 1.38 bits per heavy atom. The average molecular weight is 178 g/mol. The van der Waals surface area contributed by atoms with E-state index in [-0.39, 0.29) is 5.82 Å². The van der Waals surface area contributed by atoms with Gasteiger partial charge in [-0.25, -0.2) is 14.4 Å². The second-order valence-corrected chi connectivity index (χ2v) is 2.55. The van der Waals surface area contributed by atoms with Crippen molar-refractivity contribution in [2.75, 3.05) is 0 Å². The Bertz CT molecular complexity index is 424. The molecule has 0 aliphatic carbocycles. The Balaban J connectivity index is 2.52. The standard InChI is InChI=1S/C8H7FN4/c1-6-11-5-13(12-6)8-7(9)3-2-4-10-8/h2-5H,1H3. The quantitative estimate of drug-likeness (QED) is 0.657. The first-order valence-corrected chi connectivity index (χ1v) is 3.76. The van der Waals surface area contributed by atoms with E-state index in [1.54, 1.807) is 6.92 Å². The maximum atomic E-state index is 13.1. The molecule has 0 amide bonds. The molecule has 2 heterocycles. The van der Waals surface area contributed by atoms with Crippen LogP contribution in [0.2, 0.25) is 0 Å². The molecule has 0 saturated heterocycles. The van der Waals surface area contributed by atoms with Crippen LogP contribution in [0.3, 0.4) is 0 Å². The normalized spacial score (nSPS) is 10.3. The van der Waals surface area contributed by atoms with Gasteiger partial charge in [-0.15, -0.1) is 0 Å². The predicted octanol–water partition coefficient (Wildman–Crippen LogP) is 1.11. The SMILES string of the molecule is Cc1ncn(-c2ncccc2F)n1. The van der Waals surface area contributed by atoms with Crippen LogP contribution in [0.5, 0.6) is 0 Å². The molecule has 0 N–H and O–H groups in total. The van der Waals surface area contributed by atoms with Gasteiger partial charge in [-0.05, 0) is 19.1 Å². The summed E-state index contributed by atoms with van der Waals surface area (Å²) in [6.07, 6.45) is 2.94. The summed E-state index contributed by atoms with van der Waals surface area (Å²) in [6.45, 7) is 1.73. The lowest BCUT2D eigenvalue weighted by molar-refractivity contribution is 0.600. The molecule has 4 nitrogen and oxygen atoms in total. The van der Waals surface area contributed by atoms with E-state index in [0.29, 0.717) is 5.82 Å². The fourth-order valence-corrected chi connectivity index (χ4v) is 0.994. The van der Waals surface area contributed by atoms with E-state index in [2.05, 4.69) is 15.1 Å². The smallest absolute Gasteiger partial charge is 0.191 e. The highest BCUT2D eigenvalue weighted by molar-refractivity contribution is 5.21. The zero-order valence-corrected chi connectivity index (χ0v) is 6.98. The molecule has 13 heavy (non-hydrogen) atoms. The molecule has 5 heteroatoms. The molecule has 0 spiro atoms. The van der Waals surface area contributed by atoms with Gasteiger partial charge in [0, 0.05) is 6.20 Å². The van der Waals surface area contributed by atoms with Crippen LogP contribution in [0.25, 0.3) is 5.82 Å². The van der Waals surface area contributed by atoms with Gasteiger partial charge >= 0.3 is 0 Å². The Morgan fingerprint density at radius 3 is 2.85 bits per heavy atom. The number of pyridine rings is 1. The van der Waals surface area contributed by atoms with Gasteiger partial charge in [-0.2, -0.15) is 9.78 Å². The number of aromatic nitrogens is 4. The van der Waals surface area contributed by atoms with E-state index in [0.717, 1.165) is 0 Å². The summed E-state index contributed by atoms with van der Waals surface area (Å²) >= 11 is 0. The van der Waals surface area contributed by atoms with E-state index in [1.165, 1.54) is 29.3 Å². The van der Waals surface area contributed by atoms with E-state index in [1.807, 2.05) is 0 Å². The summed E-state index contributed by atoms with van der Waals surface area (Å²) in [5, 5.41) is 3.94. The van der Waals surface area contributed by atoms with Gasteiger partial charge in [-0.1, -0.05) is 0 Å². The maximum absolute atomic E-state index is 13.1. The molecule has 0 atom stereocenters. The van der Waals surface area contributed by atoms with Gasteiger partial charge in [0.2, 0.25) is 0 Å². The second kappa shape index (κ2) is 2.93. The fourth-order valence-electron chi connectivity index (χ4n) is 0.994. The molecule has 0 saturated carbocycles. The van der Waals surface area contributed by atoms with E-state index < -0.39 is 5.82 Å². The lowest BCUT2D eigenvalue weighted by Gasteiger charge is -1.98. The Morgan fingerprint density at radius 2 is 2.23 bits per heavy atom. The first-order valence-electron chi connectivity index (χ1n) is 3.76. The number of nitrogens with zero attached hydrogens (tertiary/aromatic N) is 4. The maximum Gasteiger partial charge on any atom is 0.191 e. The minimum atomic E-state index is -0.410. The Labute approximate surface area is 74.1 Å². The number of aryl methyl sites for hydroxylation is 1. The van der Waals surface area contributed by atoms with Crippen molar-refractivity contribution in [1.29, 1.82) is 0 Å². The van der Waals surface area contributed by atoms with Crippen molar-refractivity contribution in [3.63, 3.8) is 0 Å². The van der Waals surface area contributed by atoms with Gasteiger partial charge in [0.15, 0.2) is 11.6 Å². The molecule has 66 valence electrons. The molecule has 0 aromatic carbocycles. The number of hydrogen-bond donors (Lipinski definition) is 0. The molecule has 0 aliphatic rings. The summed E-state index contributed by atoms with van der Waals surface area (Å²) in [5.74, 6) is 0.348. The molecule has 2 aromatic heterocycles. The summed E-state index contributed by atoms with van der Waals surface area (Å²) in [4.78, 5) is 7.73. The number of rotatable bonds is 1. The van der Waals surface area contributed by atoms with Crippen LogP contribution >= 0.6 is 0 Å². The third-order valence-corrected chi connectivity index (χ3v) is 1.56. The molecular formula is C8H7FN4. The van der Waals surface area contributed by atoms with Crippen LogP contribution in [0.15, 0.2) is 24.7 Å². The van der Waals surface area contributed by atoms with Crippen molar-refractivity contribution < 1.29 is 4.39 Å². The summed E-state index contributed by atoms with van der Waals surface area (Å²) < 4.78 is 14.4. The molecular weight excluding hydrogens is 171 g/mol. The van der Waals surface area contributed by atoms with Crippen molar-refractivity contribution >= 4 is 0 Å². The summed E-state index contributed by atoms with van der Waals surface area (Å²) in [5.41, 5.74) is 0. The third kappa shape index (κ3) is 1.40. The van der Waals surface area contributed by atoms with Gasteiger partial charge in [0.1, 0.15) is 12.2 Å². The highest BCUT2D eigenvalue weighted by Crippen LogP contribution is 2.06. The van der Waals surface area contributed by atoms with Crippen molar-refractivity contribution in [3.8, 4) is 5.82 Å². The minimum absolute atomic E-state index is 0.170. The zero-order valence-electron chi connectivity index (χ0n) is 6.98. The topological polar surface area (TPSA) is 43.6 Å². The second-order valence-electron chi connectivity index (χ2n) is 2.55. The minimum Gasteiger partial charge on any atom is -0.235 e. The molecule has 2 rings (SSSR count). The van der Waals surface area contributed by atoms with E-state index in [4.69, 9.17) is 0 Å². The van der Waals surface area contributed by atoms with Crippen molar-refractivity contribution in [2.45, 2.75) is 6.92 Å². The highest BCUT2D eigenvalue weighted by atomic mass is 19.1. The Kier molecular flexibility index (Phi) is 1.77. The molecule has 0 radical (unpaired) electrons. The van der Waals surface area contributed by atoms with Crippen molar-refractivity contribution in [3.05, 3.63) is 36.3 Å². The summed E-state index contributed by atoms with van der Waals surface area (Å²) in [7, 11) is 0. The zero-order chi connectivity index (χ0) is 9.26. The molecule has 0 unspecified atom stereocenters. The molecule has 0 fully saturated rings. The van der Waals surface area contributed by atoms with Crippen LogP contribution < -0.4 is 0 Å². The molecule has 0 aliphatic heterocycles. The lowest BCUT2D eigenvalue weighted by Crippen LogP contribution is -2.01. The highest BCUT2D eigenvalue weighted by Gasteiger charge is 2.05. The van der Waals surface area contributed by atoms with Gasteiger partial charge in [0.25, 0.3) is 0 Å². The number of halogens is 1. The van der Waals surface area contributed by atoms with Gasteiger partial charge in [-0.3, -0.25) is 0 Å². The van der Waals surface area contributed by atoms with Crippen LogP contribution in [-0.2, 0) is 0 Å². The average Bonchev–Trinajstić information content (AvgIpc) is 2.53. The predicted molar refractivity (Wildman–Crippen MR) is 43.8 cm³/mol. The van der Waals surface area contributed by atoms with E-state index >= 15 is 0 Å². The number of hydrogen-bond acceptors (Lipinski definition) is 3. The van der Waals surface area contributed by atoms with Crippen molar-refractivity contribution in [2.24, 2.45) is 0 Å². The molecule has 0 bridgehead atoms. The monoisotopic (exact) mass is 178 g/mol. The summed E-state index contributed by atoms with van der Waals surface area (Å²) in [6, 6.07) is 2.86. The van der Waals surface area contributed by atoms with Crippen LogP contribution in [0, 0.1) is 12.7 Å². The lowest BCUT2D eigenvalue weighted by atomic mass is 10.4. The Hall–Kier alpha value is -1.78. The van der Waals surface area contributed by atoms with Gasteiger partial charge in [0.05, 0.1) is 0 Å². The van der Waals surface area contributed by atoms with Crippen LogP contribution in [0.4, 0.5) is 4.39 Å². The fraction of sp³-hybridized carbons (Fsp3) is 0.125. The van der Waals surface area contributed by atoms with Crippen molar-refractivity contribution in [1.82, 2.24) is 19.7 Å². The van der Waals surface area contributed by atoms with Crippen LogP contribution in [0.1, 0.15) is 5.82 Å². The molecule has 2 aromatic rings. The van der Waals surface area contributed by atoms with Gasteiger partial charge < -0.3 is 0 Å². The first-order chi connectivity index (χ1) is 6.27. The van der Waals surface area contributed by atoms with Crippen LogP contribution in [-0.4, -0.2) is 19.7 Å². The largest absolute Gasteiger partial charge is 0.235 e. The third-order valence-electron chi connectivity index (χ3n) is 1.56. The first kappa shape index (κ1) is 7.85. The van der Waals surface area contributed by atoms with E-state index in [9.17, 15) is 4.39 Å².